The van der Waals surface area contributed by atoms with E-state index in [1.165, 1.54) is 121 Å². The Hall–Kier alpha value is -16.1. The van der Waals surface area contributed by atoms with E-state index in [2.05, 4.69) is 326 Å². The molecule has 0 unspecified atom stereocenters. The number of benzene rings is 18. The van der Waals surface area contributed by atoms with Gasteiger partial charge in [-0.3, -0.25) is 38.4 Å². The van der Waals surface area contributed by atoms with Gasteiger partial charge in [0.1, 0.15) is 22.8 Å². The van der Waals surface area contributed by atoms with E-state index in [0.29, 0.717) is 111 Å². The third-order valence-electron chi connectivity index (χ3n) is 28.0. The van der Waals surface area contributed by atoms with Crippen molar-refractivity contribution < 1.29 is 81.5 Å². The van der Waals surface area contributed by atoms with Gasteiger partial charge in [0.15, 0.2) is 0 Å². The quantitative estimate of drug-likeness (QED) is 0.0600. The summed E-state index contributed by atoms with van der Waals surface area (Å²) in [6, 6.07) is 132. The third kappa shape index (κ3) is 20.4. The van der Waals surface area contributed by atoms with Crippen LogP contribution in [0.3, 0.4) is 0 Å². The highest BCUT2D eigenvalue weighted by molar-refractivity contribution is 9.09. The van der Waals surface area contributed by atoms with E-state index >= 15 is 0 Å². The molecule has 4 aliphatic rings. The zero-order valence-electron chi connectivity index (χ0n) is 80.6. The van der Waals surface area contributed by atoms with Crippen molar-refractivity contribution in [3.8, 4) is 0 Å². The normalized spacial score (nSPS) is 12.2. The van der Waals surface area contributed by atoms with Crippen molar-refractivity contribution in [1.29, 1.82) is 0 Å². The molecule has 18 aromatic carbocycles. The highest BCUT2D eigenvalue weighted by Gasteiger charge is 2.44. The predicted molar refractivity (Wildman–Crippen MR) is 584 cm³/mol. The fraction of sp³-hybridized carbons (Fsp3) is 0.109. The number of hydrogen-bond acceptors (Lipinski definition) is 10. The van der Waals surface area contributed by atoms with E-state index in [9.17, 15) is 38.4 Å². The number of rotatable bonds is 19. The molecule has 1 N–H and O–H groups in total. The molecule has 16 nitrogen and oxygen atoms in total. The fourth-order valence-electron chi connectivity index (χ4n) is 20.9. The van der Waals surface area contributed by atoms with Gasteiger partial charge in [0.2, 0.25) is 81.7 Å². The number of aromatic nitrogens is 8. The van der Waals surface area contributed by atoms with Crippen LogP contribution in [0.5, 0.6) is 0 Å². The van der Waals surface area contributed by atoms with Gasteiger partial charge in [-0.2, -0.15) is 0 Å². The molecule has 0 radical (unpaired) electrons. The largest absolute Gasteiger partial charge is 1.00 e. The number of aromatic amines is 1. The van der Waals surface area contributed by atoms with Gasteiger partial charge in [0, 0.05) is 87.4 Å². The number of fused-ring (bicyclic) bond motifs is 15. The van der Waals surface area contributed by atoms with Crippen LogP contribution in [0.2, 0.25) is 0 Å². The van der Waals surface area contributed by atoms with E-state index < -0.39 is 0 Å². The van der Waals surface area contributed by atoms with Gasteiger partial charge < -0.3 is 43.5 Å². The first-order valence-corrected chi connectivity index (χ1v) is 51.4. The van der Waals surface area contributed by atoms with Gasteiger partial charge in [0.25, 0.3) is 0 Å². The minimum atomic E-state index is -0.193. The molecular weight excluding hydrogens is 2100 g/mol. The molecular formula is C128H98Br4N8O8. The lowest BCUT2D eigenvalue weighted by Crippen LogP contribution is -3.00. The summed E-state index contributed by atoms with van der Waals surface area (Å²) in [6.45, 7) is 3.03. The van der Waals surface area contributed by atoms with Crippen LogP contribution in [0.25, 0.3) is 75.4 Å². The summed E-state index contributed by atoms with van der Waals surface area (Å²) in [4.78, 5) is 115. The maximum absolute atomic E-state index is 13.8. The fourth-order valence-corrected chi connectivity index (χ4v) is 21.7. The molecule has 726 valence electrons. The number of aryl methyl sites for hydroxylation is 12. The topological polar surface area (TPSA) is 201 Å². The van der Waals surface area contributed by atoms with E-state index in [-0.39, 0.29) is 91.6 Å². The molecule has 4 aromatic heterocycles. The summed E-state index contributed by atoms with van der Waals surface area (Å²) in [5.74, 6) is -0.994. The Morgan fingerprint density at radius 3 is 0.770 bits per heavy atom. The molecule has 4 aliphatic carbocycles. The minimum absolute atomic E-state index is 0. The van der Waals surface area contributed by atoms with Crippen LogP contribution in [0.15, 0.2) is 420 Å². The third-order valence-corrected chi connectivity index (χ3v) is 28.8. The van der Waals surface area contributed by atoms with Crippen LogP contribution in [-0.4, -0.2) is 85.6 Å². The number of carbonyl (C=O) groups is 8. The molecule has 0 fully saturated rings. The molecule has 0 atom stereocenters. The summed E-state index contributed by atoms with van der Waals surface area (Å²) in [6.07, 6.45) is 12.9. The summed E-state index contributed by atoms with van der Waals surface area (Å²) in [5.41, 5.74) is 15.9. The van der Waals surface area contributed by atoms with Crippen molar-refractivity contribution in [2.24, 2.45) is 0 Å². The van der Waals surface area contributed by atoms with Crippen LogP contribution < -0.4 is 43.1 Å². The van der Waals surface area contributed by atoms with Crippen molar-refractivity contribution in [3.05, 3.63) is 549 Å². The molecule has 4 heterocycles. The first-order valence-electron chi connectivity index (χ1n) is 49.2. The lowest BCUT2D eigenvalue weighted by molar-refractivity contribution is -0.697. The van der Waals surface area contributed by atoms with Gasteiger partial charge in [-0.05, 0) is 134 Å². The summed E-state index contributed by atoms with van der Waals surface area (Å²) in [5, 5.41) is 19.6. The van der Waals surface area contributed by atoms with E-state index in [1.54, 1.807) is 79.1 Å². The van der Waals surface area contributed by atoms with Crippen LogP contribution in [0.4, 0.5) is 0 Å². The number of nitrogens with one attached hydrogen (secondary N) is 1. The Morgan fingerprint density at radius 2 is 0.466 bits per heavy atom. The highest BCUT2D eigenvalue weighted by Crippen LogP contribution is 2.35. The van der Waals surface area contributed by atoms with E-state index in [4.69, 9.17) is 0 Å². The van der Waals surface area contributed by atoms with Crippen molar-refractivity contribution in [1.82, 2.24) is 28.7 Å². The summed E-state index contributed by atoms with van der Waals surface area (Å²) in [7, 11) is 0. The summed E-state index contributed by atoms with van der Waals surface area (Å²) < 4.78 is 9.80. The smallest absolute Gasteiger partial charge is 0.244 e. The Balaban J connectivity index is 0.000000118. The van der Waals surface area contributed by atoms with Crippen molar-refractivity contribution in [2.45, 2.75) is 77.7 Å². The zero-order chi connectivity index (χ0) is 99.7. The van der Waals surface area contributed by atoms with E-state index in [1.807, 2.05) is 78.0 Å². The molecule has 0 saturated carbocycles. The lowest BCUT2D eigenvalue weighted by Gasteiger charge is -2.16. The standard InChI is InChI=1S/2C35H27N2O2.C23H16N2O2.2C12H11Br.C11H6N2O2.2BrH/c2*38-34-30-17-5-6-18-31(30)35(39)33-32(34)36(21-19-26-13-7-11-24-9-1-3-15-28(24)26)23-37(33)22-20-27-14-8-12-25-10-2-4-16-29(25)27;26-22-18-10-3-4-11-19(18)23(27)21-20(22)24-14-25(21)13-12-16-8-5-7-15-6-1-2-9-17(15)16;2*13-9-8-11-6-3-5-10-4-1-2-7-12(10)11;14-10-6-3-1-2-4-7(6)11(15)9-8(10)12-5-13-9;;/h2*1-18,23H,19-22H2;1-11,14H,12-13H2;2*1-7H,8-9H2;1-5H,(H,12,13);2*1H/q2*+1;;;;;;/p-2. The molecule has 0 bridgehead atoms. The maximum atomic E-state index is 13.8. The average Bonchev–Trinajstić information content (AvgIpc) is 1.58. The van der Waals surface area contributed by atoms with Gasteiger partial charge in [-0.15, -0.1) is 0 Å². The summed E-state index contributed by atoms with van der Waals surface area (Å²) >= 11 is 6.94. The number of imidazole rings is 4. The van der Waals surface area contributed by atoms with Crippen LogP contribution in [0.1, 0.15) is 167 Å². The average molecular weight is 2200 g/mol. The molecule has 0 aliphatic heterocycles. The molecule has 20 heteroatoms. The first-order chi connectivity index (χ1) is 71.7. The van der Waals surface area contributed by atoms with Crippen LogP contribution in [0, 0.1) is 0 Å². The second kappa shape index (κ2) is 45.7. The Kier molecular flexibility index (Phi) is 31.0. The van der Waals surface area contributed by atoms with Crippen molar-refractivity contribution >= 4 is 154 Å². The highest BCUT2D eigenvalue weighted by atomic mass is 79.9. The predicted octanol–water partition coefficient (Wildman–Crippen LogP) is 19.5. The minimum Gasteiger partial charge on any atom is -1.00 e. The Morgan fingerprint density at radius 1 is 0.230 bits per heavy atom. The maximum Gasteiger partial charge on any atom is 0.244 e. The molecule has 0 amide bonds. The SMILES string of the molecule is BrCCc1cccc2ccccc12.BrCCc1cccc2ccccc12.O=C1c2ccccc2C(=O)c2[nH]cnc21.O=C1c2ccccc2C(=O)c2c1n(CCc1cccc3ccccc13)c[n+]2CCc1cccc2ccccc12.O=C1c2ccccc2C(=O)c2c1n(CCc1cccc3ccccc13)c[n+]2CCc1cccc2ccccc12.O=C1c2ccccc2C(=O)c2c1ncn2CCc1cccc2ccccc12.[Br-].[Br-]. The van der Waals surface area contributed by atoms with Gasteiger partial charge >= 0.3 is 0 Å². The van der Waals surface area contributed by atoms with Gasteiger partial charge in [-0.25, -0.2) is 28.2 Å². The number of ketones is 8. The second-order valence-electron chi connectivity index (χ2n) is 36.6. The number of H-pyrrole nitrogens is 1. The van der Waals surface area contributed by atoms with Gasteiger partial charge in [-0.1, -0.05) is 426 Å². The van der Waals surface area contributed by atoms with Crippen molar-refractivity contribution in [2.75, 3.05) is 10.7 Å². The molecule has 22 aromatic rings. The van der Waals surface area contributed by atoms with E-state index in [0.717, 1.165) is 55.6 Å². The molecule has 0 spiro atoms. The van der Waals surface area contributed by atoms with Crippen LogP contribution >= 0.6 is 31.9 Å². The van der Waals surface area contributed by atoms with Gasteiger partial charge in [0.05, 0.1) is 38.8 Å². The Bertz CT molecular complexity index is 8200. The molecule has 148 heavy (non-hydrogen) atoms. The number of alkyl halides is 2. The number of nitrogens with zero attached hydrogens (tertiary/aromatic N) is 7. The van der Waals surface area contributed by atoms with Crippen molar-refractivity contribution in [3.63, 3.8) is 0 Å². The lowest BCUT2D eigenvalue weighted by atomic mass is 9.89. The first kappa shape index (κ1) is 101. The molecule has 26 rings (SSSR count). The number of hydrogen-bond donors (Lipinski definition) is 1. The number of halogens is 4. The van der Waals surface area contributed by atoms with Crippen LogP contribution in [-0.2, 0) is 77.7 Å². The zero-order valence-corrected chi connectivity index (χ0v) is 87.0. The number of carbonyl (C=O) groups excluding carboxylic acids is 8. The monoisotopic (exact) mass is 2190 g/mol. The Labute approximate surface area is 893 Å². The molecule has 0 saturated heterocycles. The second-order valence-corrected chi connectivity index (χ2v) is 38.2.